The fraction of sp³-hybridized carbons (Fsp3) is 1.00. The molecule has 2 saturated heterocycles. The zero-order valence-corrected chi connectivity index (χ0v) is 5.43. The van der Waals surface area contributed by atoms with Gasteiger partial charge in [0.1, 0.15) is 0 Å². The van der Waals surface area contributed by atoms with Crippen molar-refractivity contribution in [3.8, 4) is 0 Å². The highest BCUT2D eigenvalue weighted by atomic mass is 15.2. The van der Waals surface area contributed by atoms with Crippen molar-refractivity contribution in [3.05, 3.63) is 0 Å². The van der Waals surface area contributed by atoms with Crippen LogP contribution in [0.15, 0.2) is 0 Å². The van der Waals surface area contributed by atoms with E-state index in [4.69, 9.17) is 0 Å². The Morgan fingerprint density at radius 1 is 1.25 bits per heavy atom. The fourth-order valence-corrected chi connectivity index (χ4v) is 1.94. The van der Waals surface area contributed by atoms with Gasteiger partial charge >= 0.3 is 0 Å². The number of hydrogen-bond donors (Lipinski definition) is 0. The summed E-state index contributed by atoms with van der Waals surface area (Å²) < 4.78 is 0. The first kappa shape index (κ1) is 4.80. The lowest BCUT2D eigenvalue weighted by Gasteiger charge is -2.36. The van der Waals surface area contributed by atoms with Crippen molar-refractivity contribution in [2.24, 2.45) is 5.92 Å². The van der Waals surface area contributed by atoms with Gasteiger partial charge in [0.05, 0.1) is 0 Å². The molecule has 2 fully saturated rings. The minimum absolute atomic E-state index is 0.995. The van der Waals surface area contributed by atoms with Gasteiger partial charge in [0.25, 0.3) is 0 Å². The smallest absolute Gasteiger partial charge is 0.0133 e. The Kier molecular flexibility index (Phi) is 0.884. The molecule has 8 heavy (non-hydrogen) atoms. The molecule has 46 valence electrons. The van der Waals surface area contributed by atoms with E-state index >= 15 is 0 Å². The Hall–Kier alpha value is -0.0400. The van der Waals surface area contributed by atoms with E-state index in [1.807, 2.05) is 0 Å². The highest BCUT2D eigenvalue weighted by molar-refractivity contribution is 4.92. The number of rotatable bonds is 0. The zero-order chi connectivity index (χ0) is 5.56. The maximum absolute atomic E-state index is 2.60. The Morgan fingerprint density at radius 2 is 2.00 bits per heavy atom. The molecule has 2 heterocycles. The van der Waals surface area contributed by atoms with Gasteiger partial charge in [0, 0.05) is 6.04 Å². The molecular weight excluding hydrogens is 98.1 g/mol. The lowest BCUT2D eigenvalue weighted by molar-refractivity contribution is 0.119. The Balaban J connectivity index is 2.05. The van der Waals surface area contributed by atoms with Crippen LogP contribution >= 0.6 is 0 Å². The summed E-state index contributed by atoms with van der Waals surface area (Å²) >= 11 is 0. The second kappa shape index (κ2) is 1.47. The lowest BCUT2D eigenvalue weighted by atomic mass is 9.95. The fourth-order valence-electron chi connectivity index (χ4n) is 1.94. The molecule has 2 atom stereocenters. The molecule has 0 aromatic rings. The molecule has 0 aromatic heterocycles. The first-order chi connectivity index (χ1) is 3.88. The monoisotopic (exact) mass is 111 g/mol. The van der Waals surface area contributed by atoms with Crippen molar-refractivity contribution in [1.82, 2.24) is 4.90 Å². The zero-order valence-electron chi connectivity index (χ0n) is 5.43. The summed E-state index contributed by atoms with van der Waals surface area (Å²) in [5, 5.41) is 0. The highest BCUT2D eigenvalue weighted by Crippen LogP contribution is 2.32. The number of nitrogens with zero attached hydrogens (tertiary/aromatic N) is 1. The predicted molar refractivity (Wildman–Crippen MR) is 33.8 cm³/mol. The van der Waals surface area contributed by atoms with Crippen molar-refractivity contribution < 1.29 is 0 Å². The van der Waals surface area contributed by atoms with E-state index in [-0.39, 0.29) is 0 Å². The second-order valence-corrected chi connectivity index (χ2v) is 3.16. The van der Waals surface area contributed by atoms with Crippen molar-refractivity contribution in [2.45, 2.75) is 25.8 Å². The van der Waals surface area contributed by atoms with Crippen LogP contribution in [0.3, 0.4) is 0 Å². The molecule has 0 aliphatic carbocycles. The molecule has 0 aromatic carbocycles. The molecule has 0 spiro atoms. The minimum atomic E-state index is 0.995. The lowest BCUT2D eigenvalue weighted by Crippen LogP contribution is -2.44. The van der Waals surface area contributed by atoms with Crippen molar-refractivity contribution in [1.29, 1.82) is 0 Å². The number of hydrogen-bond acceptors (Lipinski definition) is 1. The third-order valence-electron chi connectivity index (χ3n) is 2.71. The van der Waals surface area contributed by atoms with Gasteiger partial charge in [-0.05, 0) is 31.8 Å². The summed E-state index contributed by atoms with van der Waals surface area (Å²) in [7, 11) is 0. The number of fused-ring (bicyclic) bond motifs is 1. The SMILES string of the molecule is CC1CCN2CCC12. The van der Waals surface area contributed by atoms with Crippen LogP contribution in [0.2, 0.25) is 0 Å². The van der Waals surface area contributed by atoms with E-state index in [2.05, 4.69) is 11.8 Å². The second-order valence-electron chi connectivity index (χ2n) is 3.16. The van der Waals surface area contributed by atoms with Crippen LogP contribution in [-0.2, 0) is 0 Å². The van der Waals surface area contributed by atoms with Crippen LogP contribution in [0.1, 0.15) is 19.8 Å². The summed E-state index contributed by atoms with van der Waals surface area (Å²) in [6.45, 7) is 5.14. The third-order valence-corrected chi connectivity index (χ3v) is 2.71. The highest BCUT2D eigenvalue weighted by Gasteiger charge is 2.37. The maximum Gasteiger partial charge on any atom is 0.0133 e. The van der Waals surface area contributed by atoms with Gasteiger partial charge in [-0.3, -0.25) is 0 Å². The third kappa shape index (κ3) is 0.455. The van der Waals surface area contributed by atoms with Crippen molar-refractivity contribution in [2.75, 3.05) is 13.1 Å². The Morgan fingerprint density at radius 3 is 2.25 bits per heavy atom. The van der Waals surface area contributed by atoms with Crippen LogP contribution in [0.5, 0.6) is 0 Å². The first-order valence-electron chi connectivity index (χ1n) is 3.62. The van der Waals surface area contributed by atoms with Gasteiger partial charge in [-0.1, -0.05) is 6.92 Å². The van der Waals surface area contributed by atoms with Gasteiger partial charge in [0.15, 0.2) is 0 Å². The van der Waals surface area contributed by atoms with Crippen LogP contribution < -0.4 is 0 Å². The van der Waals surface area contributed by atoms with Crippen LogP contribution in [-0.4, -0.2) is 24.0 Å². The topological polar surface area (TPSA) is 3.24 Å². The standard InChI is InChI=1S/C7H13N/c1-6-2-4-8-5-3-7(6)8/h6-7H,2-5H2,1H3. The van der Waals surface area contributed by atoms with Gasteiger partial charge in [-0.2, -0.15) is 0 Å². The predicted octanol–water partition coefficient (Wildman–Crippen LogP) is 1.10. The molecule has 0 amide bonds. The van der Waals surface area contributed by atoms with E-state index in [1.54, 1.807) is 0 Å². The van der Waals surface area contributed by atoms with Crippen molar-refractivity contribution >= 4 is 0 Å². The quantitative estimate of drug-likeness (QED) is 0.452. The first-order valence-corrected chi connectivity index (χ1v) is 3.62. The van der Waals surface area contributed by atoms with E-state index in [1.165, 1.54) is 25.9 Å². The van der Waals surface area contributed by atoms with Gasteiger partial charge < -0.3 is 4.90 Å². The van der Waals surface area contributed by atoms with E-state index in [0.717, 1.165) is 12.0 Å². The minimum Gasteiger partial charge on any atom is -0.300 e. The van der Waals surface area contributed by atoms with Crippen molar-refractivity contribution in [3.63, 3.8) is 0 Å². The van der Waals surface area contributed by atoms with Gasteiger partial charge in [0.2, 0.25) is 0 Å². The van der Waals surface area contributed by atoms with Gasteiger partial charge in [-0.15, -0.1) is 0 Å². The summed E-state index contributed by atoms with van der Waals surface area (Å²) in [5.74, 6) is 1.00. The Bertz CT molecular complexity index is 94.6. The molecule has 2 aliphatic rings. The maximum atomic E-state index is 2.60. The molecule has 0 N–H and O–H groups in total. The summed E-state index contributed by atoms with van der Waals surface area (Å²) in [6, 6.07) is 0.995. The van der Waals surface area contributed by atoms with Crippen LogP contribution in [0, 0.1) is 5.92 Å². The van der Waals surface area contributed by atoms with Crippen LogP contribution in [0.4, 0.5) is 0 Å². The summed E-state index contributed by atoms with van der Waals surface area (Å²) in [4.78, 5) is 2.60. The molecular formula is C7H13N. The largest absolute Gasteiger partial charge is 0.300 e. The Labute approximate surface area is 50.7 Å². The molecule has 1 heteroatoms. The average Bonchev–Trinajstić information content (AvgIpc) is 1.80. The summed E-state index contributed by atoms with van der Waals surface area (Å²) in [6.07, 6.45) is 2.92. The molecule has 0 saturated carbocycles. The molecule has 2 rings (SSSR count). The van der Waals surface area contributed by atoms with Gasteiger partial charge in [-0.25, -0.2) is 0 Å². The average molecular weight is 111 g/mol. The molecule has 2 unspecified atom stereocenters. The van der Waals surface area contributed by atoms with E-state index in [0.29, 0.717) is 0 Å². The normalized spacial score (nSPS) is 46.1. The van der Waals surface area contributed by atoms with Crippen LogP contribution in [0.25, 0.3) is 0 Å². The molecule has 2 aliphatic heterocycles. The van der Waals surface area contributed by atoms with E-state index < -0.39 is 0 Å². The molecule has 0 radical (unpaired) electrons. The molecule has 1 nitrogen and oxygen atoms in total. The molecule has 0 bridgehead atoms. The van der Waals surface area contributed by atoms with E-state index in [9.17, 15) is 0 Å². The summed E-state index contributed by atoms with van der Waals surface area (Å²) in [5.41, 5.74) is 0.